The van der Waals surface area contributed by atoms with Crippen LogP contribution in [-0.2, 0) is 9.59 Å². The van der Waals surface area contributed by atoms with E-state index in [1.165, 1.54) is 24.2 Å². The lowest BCUT2D eigenvalue weighted by Gasteiger charge is -2.34. The normalized spacial score (nSPS) is 28.7. The molecule has 5 nitrogen and oxygen atoms in total. The Balaban J connectivity index is 1.66. The van der Waals surface area contributed by atoms with E-state index in [2.05, 4.69) is 5.32 Å². The molecule has 4 amide bonds. The Hall–Kier alpha value is -1.39. The molecule has 2 aliphatic carbocycles. The number of barbiturate groups is 1. The van der Waals surface area contributed by atoms with Crippen LogP contribution in [0.2, 0.25) is 0 Å². The summed E-state index contributed by atoms with van der Waals surface area (Å²) in [5, 5.41) is 2.37. The van der Waals surface area contributed by atoms with E-state index in [9.17, 15) is 14.4 Å². The highest BCUT2D eigenvalue weighted by atomic mass is 16.2. The Labute approximate surface area is 119 Å². The topological polar surface area (TPSA) is 66.5 Å². The van der Waals surface area contributed by atoms with Crippen molar-refractivity contribution in [3.05, 3.63) is 0 Å². The highest BCUT2D eigenvalue weighted by molar-refractivity contribution is 6.16. The van der Waals surface area contributed by atoms with Crippen LogP contribution in [0.3, 0.4) is 0 Å². The van der Waals surface area contributed by atoms with Crippen molar-refractivity contribution in [1.82, 2.24) is 10.2 Å². The Kier molecular flexibility index (Phi) is 3.76. The molecule has 110 valence electrons. The van der Waals surface area contributed by atoms with Gasteiger partial charge in [0.15, 0.2) is 0 Å². The molecule has 0 aromatic heterocycles. The number of hydrogen-bond acceptors (Lipinski definition) is 3. The molecule has 0 bridgehead atoms. The summed E-state index contributed by atoms with van der Waals surface area (Å²) in [6, 6.07) is -0.520. The molecule has 0 aromatic carbocycles. The molecule has 1 saturated heterocycles. The predicted octanol–water partition coefficient (Wildman–Crippen LogP) is 2.06. The lowest BCUT2D eigenvalue weighted by atomic mass is 9.82. The molecule has 1 N–H and O–H groups in total. The first-order valence-electron chi connectivity index (χ1n) is 7.83. The molecule has 3 fully saturated rings. The van der Waals surface area contributed by atoms with E-state index in [0.29, 0.717) is 12.5 Å². The van der Waals surface area contributed by atoms with E-state index in [-0.39, 0.29) is 17.7 Å². The van der Waals surface area contributed by atoms with E-state index >= 15 is 0 Å². The monoisotopic (exact) mass is 278 g/mol. The average Bonchev–Trinajstić information content (AvgIpc) is 2.84. The van der Waals surface area contributed by atoms with Crippen molar-refractivity contribution in [2.45, 2.75) is 51.4 Å². The minimum Gasteiger partial charge on any atom is -0.277 e. The first-order chi connectivity index (χ1) is 9.66. The van der Waals surface area contributed by atoms with Crippen LogP contribution in [0, 0.1) is 17.8 Å². The van der Waals surface area contributed by atoms with Crippen molar-refractivity contribution < 1.29 is 14.4 Å². The zero-order chi connectivity index (χ0) is 14.1. The maximum atomic E-state index is 12.5. The summed E-state index contributed by atoms with van der Waals surface area (Å²) in [5.74, 6) is -0.492. The van der Waals surface area contributed by atoms with E-state index in [0.717, 1.165) is 32.1 Å². The number of rotatable bonds is 4. The fourth-order valence-electron chi connectivity index (χ4n) is 3.64. The van der Waals surface area contributed by atoms with Crippen molar-refractivity contribution in [3.8, 4) is 0 Å². The maximum Gasteiger partial charge on any atom is 0.330 e. The molecule has 0 spiro atoms. The molecule has 0 radical (unpaired) electrons. The number of carbonyl (C=O) groups is 3. The number of nitrogens with one attached hydrogen (secondary N) is 1. The molecule has 5 heteroatoms. The maximum absolute atomic E-state index is 12.5. The van der Waals surface area contributed by atoms with Gasteiger partial charge in [0.05, 0.1) is 0 Å². The molecule has 1 aliphatic heterocycles. The second-order valence-electron chi connectivity index (χ2n) is 6.39. The van der Waals surface area contributed by atoms with Crippen LogP contribution < -0.4 is 5.32 Å². The van der Waals surface area contributed by atoms with Gasteiger partial charge in [-0.05, 0) is 31.1 Å². The zero-order valence-electron chi connectivity index (χ0n) is 11.8. The Morgan fingerprint density at radius 3 is 2.30 bits per heavy atom. The van der Waals surface area contributed by atoms with E-state index in [4.69, 9.17) is 0 Å². The fraction of sp³-hybridized carbons (Fsp3) is 0.800. The van der Waals surface area contributed by atoms with Gasteiger partial charge < -0.3 is 0 Å². The third-order valence-corrected chi connectivity index (χ3v) is 5.15. The van der Waals surface area contributed by atoms with E-state index in [1.54, 1.807) is 0 Å². The van der Waals surface area contributed by atoms with Crippen LogP contribution >= 0.6 is 0 Å². The number of urea groups is 1. The van der Waals surface area contributed by atoms with Crippen molar-refractivity contribution in [1.29, 1.82) is 0 Å². The summed E-state index contributed by atoms with van der Waals surface area (Å²) < 4.78 is 0. The lowest BCUT2D eigenvalue weighted by molar-refractivity contribution is -0.145. The fourth-order valence-corrected chi connectivity index (χ4v) is 3.64. The minimum atomic E-state index is -0.628. The first-order valence-corrected chi connectivity index (χ1v) is 7.83. The largest absolute Gasteiger partial charge is 0.330 e. The lowest BCUT2D eigenvalue weighted by Crippen LogP contribution is -2.59. The highest BCUT2D eigenvalue weighted by Gasteiger charge is 2.45. The van der Waals surface area contributed by atoms with Crippen molar-refractivity contribution in [3.63, 3.8) is 0 Å². The number of amides is 4. The molecule has 3 rings (SSSR count). The Morgan fingerprint density at radius 2 is 1.70 bits per heavy atom. The number of hydrogen-bond donors (Lipinski definition) is 1. The van der Waals surface area contributed by atoms with E-state index < -0.39 is 11.9 Å². The minimum absolute atomic E-state index is 0.127. The summed E-state index contributed by atoms with van der Waals surface area (Å²) in [4.78, 5) is 37.6. The summed E-state index contributed by atoms with van der Waals surface area (Å²) in [7, 11) is 0. The number of carbonyl (C=O) groups excluding carboxylic acids is 3. The third-order valence-electron chi connectivity index (χ3n) is 5.15. The highest BCUT2D eigenvalue weighted by Crippen LogP contribution is 2.34. The summed E-state index contributed by atoms with van der Waals surface area (Å²) in [5.41, 5.74) is 0. The molecule has 20 heavy (non-hydrogen) atoms. The molecule has 1 atom stereocenters. The van der Waals surface area contributed by atoms with E-state index in [1.807, 2.05) is 0 Å². The SMILES string of the molecule is O=C1NC(=O)N(CCC2CCC2)C(=O)C1C1CCCC1. The zero-order valence-corrected chi connectivity index (χ0v) is 11.8. The molecule has 1 heterocycles. The van der Waals surface area contributed by atoms with Crippen LogP contribution in [0.1, 0.15) is 51.4 Å². The molecule has 1 unspecified atom stereocenters. The van der Waals surface area contributed by atoms with Gasteiger partial charge >= 0.3 is 6.03 Å². The van der Waals surface area contributed by atoms with Gasteiger partial charge in [0.1, 0.15) is 5.92 Å². The third kappa shape index (κ3) is 2.45. The smallest absolute Gasteiger partial charge is 0.277 e. The summed E-state index contributed by atoms with van der Waals surface area (Å²) in [6.07, 6.45) is 8.56. The van der Waals surface area contributed by atoms with Gasteiger partial charge in [-0.15, -0.1) is 0 Å². The quantitative estimate of drug-likeness (QED) is 0.800. The predicted molar refractivity (Wildman–Crippen MR) is 72.7 cm³/mol. The van der Waals surface area contributed by atoms with Crippen LogP contribution in [0.5, 0.6) is 0 Å². The molecule has 2 saturated carbocycles. The molecule has 3 aliphatic rings. The molecular weight excluding hydrogens is 256 g/mol. The van der Waals surface area contributed by atoms with Crippen molar-refractivity contribution in [2.24, 2.45) is 17.8 Å². The van der Waals surface area contributed by atoms with Crippen LogP contribution in [0.4, 0.5) is 4.79 Å². The Bertz CT molecular complexity index is 425. The average molecular weight is 278 g/mol. The van der Waals surface area contributed by atoms with Gasteiger partial charge in [-0.3, -0.25) is 19.8 Å². The van der Waals surface area contributed by atoms with Gasteiger partial charge in [0, 0.05) is 6.54 Å². The van der Waals surface area contributed by atoms with Gasteiger partial charge in [-0.1, -0.05) is 32.1 Å². The van der Waals surface area contributed by atoms with Crippen LogP contribution in [0.25, 0.3) is 0 Å². The molecular formula is C15H22N2O3. The number of nitrogens with zero attached hydrogens (tertiary/aromatic N) is 1. The second kappa shape index (κ2) is 5.54. The standard InChI is InChI=1S/C15H22N2O3/c18-13-12(11-6-1-2-7-11)14(19)17(15(20)16-13)9-8-10-4-3-5-10/h10-12H,1-9H2,(H,16,18,20). The summed E-state index contributed by atoms with van der Waals surface area (Å²) >= 11 is 0. The number of imide groups is 2. The van der Waals surface area contributed by atoms with Crippen molar-refractivity contribution >= 4 is 17.8 Å². The van der Waals surface area contributed by atoms with Gasteiger partial charge in [0.25, 0.3) is 0 Å². The van der Waals surface area contributed by atoms with Gasteiger partial charge in [0.2, 0.25) is 11.8 Å². The second-order valence-corrected chi connectivity index (χ2v) is 6.39. The van der Waals surface area contributed by atoms with Gasteiger partial charge in [-0.25, -0.2) is 4.79 Å². The van der Waals surface area contributed by atoms with Gasteiger partial charge in [-0.2, -0.15) is 0 Å². The van der Waals surface area contributed by atoms with Crippen molar-refractivity contribution in [2.75, 3.05) is 6.54 Å². The Morgan fingerprint density at radius 1 is 1.00 bits per heavy atom. The first kappa shape index (κ1) is 13.6. The van der Waals surface area contributed by atoms with Crippen LogP contribution in [-0.4, -0.2) is 29.3 Å². The van der Waals surface area contributed by atoms with Crippen LogP contribution in [0.15, 0.2) is 0 Å². The summed E-state index contributed by atoms with van der Waals surface area (Å²) in [6.45, 7) is 0.464. The molecule has 0 aromatic rings.